The molecular formula is C15H12BrF3N2. The summed E-state index contributed by atoms with van der Waals surface area (Å²) >= 11 is 3.44. The van der Waals surface area contributed by atoms with Crippen molar-refractivity contribution in [3.8, 4) is 0 Å². The maximum Gasteiger partial charge on any atom is 0.416 e. The lowest BCUT2D eigenvalue weighted by Crippen LogP contribution is -2.13. The van der Waals surface area contributed by atoms with Crippen LogP contribution in [0.2, 0.25) is 0 Å². The summed E-state index contributed by atoms with van der Waals surface area (Å²) in [6.45, 7) is 2.04. The van der Waals surface area contributed by atoms with Crippen molar-refractivity contribution in [3.05, 3.63) is 51.8 Å². The summed E-state index contributed by atoms with van der Waals surface area (Å²) in [6.07, 6.45) is 0.151. The highest BCUT2D eigenvalue weighted by atomic mass is 79.9. The number of rotatable bonds is 1. The third kappa shape index (κ3) is 2.64. The van der Waals surface area contributed by atoms with Gasteiger partial charge in [-0.25, -0.2) is 0 Å². The highest BCUT2D eigenvalue weighted by Gasteiger charge is 2.30. The molecule has 0 aliphatic carbocycles. The minimum absolute atomic E-state index is 0.175. The predicted octanol–water partition coefficient (Wildman–Crippen LogP) is 5.17. The van der Waals surface area contributed by atoms with Crippen molar-refractivity contribution in [2.75, 3.05) is 0 Å². The number of hydrogen-bond acceptors (Lipinski definition) is 1. The topological polar surface area (TPSA) is 17.8 Å². The van der Waals surface area contributed by atoms with Gasteiger partial charge in [0.1, 0.15) is 0 Å². The van der Waals surface area contributed by atoms with Crippen molar-refractivity contribution in [1.29, 1.82) is 0 Å². The van der Waals surface area contributed by atoms with Crippen LogP contribution in [-0.2, 0) is 6.18 Å². The molecule has 0 fully saturated rings. The van der Waals surface area contributed by atoms with Crippen LogP contribution in [0.1, 0.15) is 36.2 Å². The summed E-state index contributed by atoms with van der Waals surface area (Å²) in [6, 6.07) is 5.49. The first-order valence-electron chi connectivity index (χ1n) is 6.47. The van der Waals surface area contributed by atoms with Gasteiger partial charge in [-0.1, -0.05) is 12.1 Å². The van der Waals surface area contributed by atoms with Gasteiger partial charge in [0.15, 0.2) is 0 Å². The average molecular weight is 357 g/mol. The summed E-state index contributed by atoms with van der Waals surface area (Å²) in [5, 5.41) is 4.29. The van der Waals surface area contributed by atoms with Gasteiger partial charge in [0.05, 0.1) is 28.0 Å². The zero-order valence-electron chi connectivity index (χ0n) is 11.2. The van der Waals surface area contributed by atoms with Crippen LogP contribution in [-0.4, -0.2) is 9.78 Å². The summed E-state index contributed by atoms with van der Waals surface area (Å²) in [4.78, 5) is 0. The van der Waals surface area contributed by atoms with E-state index in [4.69, 9.17) is 0 Å². The molecule has 0 bridgehead atoms. The van der Waals surface area contributed by atoms with Crippen LogP contribution in [0.5, 0.6) is 0 Å². The lowest BCUT2D eigenvalue weighted by molar-refractivity contribution is -0.137. The molecule has 0 unspecified atom stereocenters. The lowest BCUT2D eigenvalue weighted by atomic mass is 9.95. The molecule has 0 radical (unpaired) electrons. The second-order valence-electron chi connectivity index (χ2n) is 5.12. The number of halogens is 4. The standard InChI is InChI=1S/C15H12BrF3N2/c1-9-6-11(7-14-13(16)8-20-21(9)14)10-2-4-12(5-3-10)15(17,18)19/h2-5,7-9H,6H2,1H3/t9-/m0/s1. The lowest BCUT2D eigenvalue weighted by Gasteiger charge is -2.22. The van der Waals surface area contributed by atoms with Crippen molar-refractivity contribution >= 4 is 27.6 Å². The van der Waals surface area contributed by atoms with Gasteiger partial charge in [-0.15, -0.1) is 0 Å². The van der Waals surface area contributed by atoms with E-state index in [1.165, 1.54) is 12.1 Å². The summed E-state index contributed by atoms with van der Waals surface area (Å²) < 4.78 is 40.6. The van der Waals surface area contributed by atoms with Crippen molar-refractivity contribution < 1.29 is 13.2 Å². The van der Waals surface area contributed by atoms with E-state index in [2.05, 4.69) is 21.0 Å². The van der Waals surface area contributed by atoms with Gasteiger partial charge in [0.25, 0.3) is 0 Å². The van der Waals surface area contributed by atoms with Crippen molar-refractivity contribution in [1.82, 2.24) is 9.78 Å². The van der Waals surface area contributed by atoms with E-state index in [-0.39, 0.29) is 6.04 Å². The quantitative estimate of drug-likeness (QED) is 0.689. The Morgan fingerprint density at radius 2 is 1.90 bits per heavy atom. The summed E-state index contributed by atoms with van der Waals surface area (Å²) in [5.74, 6) is 0. The summed E-state index contributed by atoms with van der Waals surface area (Å²) in [5.41, 5.74) is 2.16. The second kappa shape index (κ2) is 5.02. The molecule has 1 aromatic carbocycles. The highest BCUT2D eigenvalue weighted by molar-refractivity contribution is 9.10. The largest absolute Gasteiger partial charge is 0.416 e. The van der Waals surface area contributed by atoms with Gasteiger partial charge in [0, 0.05) is 0 Å². The molecule has 0 N–H and O–H groups in total. The fourth-order valence-corrected chi connectivity index (χ4v) is 2.93. The maximum atomic E-state index is 12.6. The Hall–Kier alpha value is -1.56. The van der Waals surface area contributed by atoms with E-state index in [9.17, 15) is 13.2 Å². The average Bonchev–Trinajstić information content (AvgIpc) is 2.80. The van der Waals surface area contributed by atoms with E-state index in [0.29, 0.717) is 0 Å². The molecule has 3 rings (SSSR count). The smallest absolute Gasteiger partial charge is 0.261 e. The maximum absolute atomic E-state index is 12.6. The van der Waals surface area contributed by atoms with Gasteiger partial charge in [-0.05, 0) is 58.6 Å². The molecule has 1 atom stereocenters. The van der Waals surface area contributed by atoms with E-state index >= 15 is 0 Å². The van der Waals surface area contributed by atoms with Crippen LogP contribution in [0.25, 0.3) is 11.6 Å². The number of fused-ring (bicyclic) bond motifs is 1. The van der Waals surface area contributed by atoms with Gasteiger partial charge >= 0.3 is 6.18 Å². The van der Waals surface area contributed by atoms with Crippen LogP contribution >= 0.6 is 15.9 Å². The molecule has 0 amide bonds. The highest BCUT2D eigenvalue weighted by Crippen LogP contribution is 2.37. The van der Waals surface area contributed by atoms with Crippen LogP contribution in [0.4, 0.5) is 13.2 Å². The normalized spacial score (nSPS) is 18.3. The minimum Gasteiger partial charge on any atom is -0.261 e. The Bertz CT molecular complexity index is 699. The number of benzene rings is 1. The molecule has 1 aromatic heterocycles. The van der Waals surface area contributed by atoms with E-state index in [0.717, 1.165) is 39.9 Å². The van der Waals surface area contributed by atoms with Gasteiger partial charge in [-0.2, -0.15) is 18.3 Å². The first-order chi connectivity index (χ1) is 9.86. The van der Waals surface area contributed by atoms with Gasteiger partial charge < -0.3 is 0 Å². The third-order valence-corrected chi connectivity index (χ3v) is 4.22. The molecule has 0 saturated carbocycles. The fraction of sp³-hybridized carbons (Fsp3) is 0.267. The van der Waals surface area contributed by atoms with E-state index in [1.807, 2.05) is 17.7 Å². The van der Waals surface area contributed by atoms with Crippen LogP contribution < -0.4 is 0 Å². The molecule has 0 spiro atoms. The molecule has 0 saturated heterocycles. The zero-order chi connectivity index (χ0) is 15.2. The van der Waals surface area contributed by atoms with Crippen LogP contribution in [0, 0.1) is 0 Å². The molecular weight excluding hydrogens is 345 g/mol. The Balaban J connectivity index is 1.98. The van der Waals surface area contributed by atoms with Crippen molar-refractivity contribution in [2.24, 2.45) is 0 Å². The Labute approximate surface area is 128 Å². The van der Waals surface area contributed by atoms with E-state index in [1.54, 1.807) is 6.20 Å². The van der Waals surface area contributed by atoms with Gasteiger partial charge in [-0.3, -0.25) is 4.68 Å². The Morgan fingerprint density at radius 3 is 2.52 bits per heavy atom. The molecule has 1 aliphatic heterocycles. The van der Waals surface area contributed by atoms with Crippen LogP contribution in [0.15, 0.2) is 34.9 Å². The molecule has 2 nitrogen and oxygen atoms in total. The zero-order valence-corrected chi connectivity index (χ0v) is 12.7. The Kier molecular flexibility index (Phi) is 3.43. The monoisotopic (exact) mass is 356 g/mol. The molecule has 2 heterocycles. The first kappa shape index (κ1) is 14.4. The number of hydrogen-bond donors (Lipinski definition) is 0. The SMILES string of the molecule is C[C@H]1CC(c2ccc(C(F)(F)F)cc2)=Cc2c(Br)cnn21. The fourth-order valence-electron chi connectivity index (χ4n) is 2.54. The van der Waals surface area contributed by atoms with Gasteiger partial charge in [0.2, 0.25) is 0 Å². The number of aromatic nitrogens is 2. The molecule has 1 aliphatic rings. The Morgan fingerprint density at radius 1 is 1.24 bits per heavy atom. The first-order valence-corrected chi connectivity index (χ1v) is 7.27. The van der Waals surface area contributed by atoms with Crippen molar-refractivity contribution in [2.45, 2.75) is 25.6 Å². The van der Waals surface area contributed by atoms with Crippen LogP contribution in [0.3, 0.4) is 0 Å². The number of allylic oxidation sites excluding steroid dienone is 1. The third-order valence-electron chi connectivity index (χ3n) is 3.61. The van der Waals surface area contributed by atoms with Crippen molar-refractivity contribution in [3.63, 3.8) is 0 Å². The summed E-state index contributed by atoms with van der Waals surface area (Å²) in [7, 11) is 0. The molecule has 110 valence electrons. The molecule has 2 aromatic rings. The predicted molar refractivity (Wildman–Crippen MR) is 78.6 cm³/mol. The number of nitrogens with zero attached hydrogens (tertiary/aromatic N) is 2. The second-order valence-corrected chi connectivity index (χ2v) is 5.97. The van der Waals surface area contributed by atoms with E-state index < -0.39 is 11.7 Å². The molecule has 21 heavy (non-hydrogen) atoms. The number of alkyl halides is 3. The molecule has 6 heteroatoms. The minimum atomic E-state index is -4.30.